The minimum atomic E-state index is -0.626. The van der Waals surface area contributed by atoms with Crippen LogP contribution in [0.25, 0.3) is 44.3 Å². The van der Waals surface area contributed by atoms with Gasteiger partial charge in [-0.05, 0) is 188 Å². The number of benzene rings is 8. The first kappa shape index (κ1) is 37.4. The van der Waals surface area contributed by atoms with Gasteiger partial charge >= 0.3 is 13.8 Å². The highest BCUT2D eigenvalue weighted by Gasteiger charge is 2.69. The summed E-state index contributed by atoms with van der Waals surface area (Å²) in [5, 5.41) is 4.20. The van der Waals surface area contributed by atoms with Crippen molar-refractivity contribution in [1.29, 1.82) is 0 Å². The molecule has 0 amide bonds. The number of rotatable bonds is 0. The highest BCUT2D eigenvalue weighted by atomic mass is 16.3. The number of hydrogen-bond donors (Lipinski definition) is 0. The molecule has 72 heavy (non-hydrogen) atoms. The first-order valence-electron chi connectivity index (χ1n) is 27.1. The van der Waals surface area contributed by atoms with Crippen LogP contribution in [0.3, 0.4) is 0 Å². The summed E-state index contributed by atoms with van der Waals surface area (Å²) in [5.74, 6) is 4.40. The van der Waals surface area contributed by atoms with Crippen LogP contribution in [0.2, 0.25) is 0 Å². The standard InChI is InChI=1S/C65H46B2N4O/c1-6-18-46-39(13-1)40-14-2-7-19-47(40)64(46)50-33-44-35-25-29-37(30-26-35)55(44)60-58(50)66(57-43-17-5-12-24-54(43)72-62(57)64)71-67-59-51(34-45-36-27-31-38(32-28-36)56(45)61(59)70(60)71)65(63-68-52-22-10-11-23-53(52)69(63)67)48-20-8-3-15-41(48)42-16-4-9-21-49(42)65/h1-24,33-38H,25-32H2. The zero-order valence-corrected chi connectivity index (χ0v) is 39.8. The van der Waals surface area contributed by atoms with Crippen LogP contribution in [-0.2, 0) is 10.8 Å². The SMILES string of the molecule is c1ccc2c(c1)-c1ccccc1C21c2cc3c(c4c2B(c2c1oc1ccccc21)N1B2c5c(cc6c(c5N41)C1CCC6CC1)C1(c4ccccc4-c4ccccc41)c1nc4ccccc4n12)C1CCC3CC1. The summed E-state index contributed by atoms with van der Waals surface area (Å²) in [5.41, 5.74) is 29.6. The third-order valence-electron chi connectivity index (χ3n) is 20.8. The Balaban J connectivity index is 1.01. The molecule has 12 aliphatic rings. The van der Waals surface area contributed by atoms with E-state index < -0.39 is 10.8 Å². The summed E-state index contributed by atoms with van der Waals surface area (Å²) >= 11 is 0. The number of para-hydroxylation sites is 3. The van der Waals surface area contributed by atoms with E-state index in [2.05, 4.69) is 172 Å². The summed E-state index contributed by atoms with van der Waals surface area (Å²) in [6, 6.07) is 61.1. The van der Waals surface area contributed by atoms with Crippen LogP contribution in [0.1, 0.15) is 142 Å². The van der Waals surface area contributed by atoms with Gasteiger partial charge in [0.15, 0.2) is 0 Å². The highest BCUT2D eigenvalue weighted by molar-refractivity contribution is 6.98. The van der Waals surface area contributed by atoms with Gasteiger partial charge in [-0.3, -0.25) is 9.84 Å². The lowest BCUT2D eigenvalue weighted by Crippen LogP contribution is -2.68. The number of imidazole rings is 1. The Morgan fingerprint density at radius 1 is 0.472 bits per heavy atom. The van der Waals surface area contributed by atoms with E-state index in [0.29, 0.717) is 23.7 Å². The van der Waals surface area contributed by atoms with Crippen molar-refractivity contribution in [1.82, 2.24) is 14.3 Å². The molecule has 8 aliphatic carbocycles. The molecule has 338 valence electrons. The fraction of sp³-hybridized carbons (Fsp3) is 0.215. The maximum absolute atomic E-state index is 7.74. The summed E-state index contributed by atoms with van der Waals surface area (Å²) in [7, 11) is 0. The van der Waals surface area contributed by atoms with Crippen LogP contribution in [0, 0.1) is 0 Å². The van der Waals surface area contributed by atoms with Crippen molar-refractivity contribution in [2.24, 2.45) is 0 Å². The van der Waals surface area contributed by atoms with E-state index >= 15 is 0 Å². The number of anilines is 2. The number of nitrogens with zero attached hydrogens (tertiary/aromatic N) is 4. The van der Waals surface area contributed by atoms with Gasteiger partial charge in [0, 0.05) is 5.39 Å². The van der Waals surface area contributed by atoms with Gasteiger partial charge in [0.1, 0.15) is 28.0 Å². The van der Waals surface area contributed by atoms with E-state index in [1.807, 2.05) is 0 Å². The second-order valence-electron chi connectivity index (χ2n) is 23.3. The Morgan fingerprint density at radius 2 is 0.958 bits per heavy atom. The number of aromatic nitrogens is 2. The number of furan rings is 1. The number of hydrazine groups is 1. The summed E-state index contributed by atoms with van der Waals surface area (Å²) < 4.78 is 10.5. The summed E-state index contributed by atoms with van der Waals surface area (Å²) in [6.45, 7) is -0.271. The van der Waals surface area contributed by atoms with Crippen molar-refractivity contribution >= 4 is 63.6 Å². The molecule has 0 saturated heterocycles. The molecule has 10 aromatic rings. The molecule has 22 rings (SSSR count). The Labute approximate surface area is 418 Å². The predicted octanol–water partition coefficient (Wildman–Crippen LogP) is 12.4. The highest BCUT2D eigenvalue weighted by Crippen LogP contribution is 2.67. The van der Waals surface area contributed by atoms with Crippen molar-refractivity contribution in [3.63, 3.8) is 0 Å². The van der Waals surface area contributed by atoms with E-state index in [-0.39, 0.29) is 13.8 Å². The topological polar surface area (TPSA) is 37.4 Å². The van der Waals surface area contributed by atoms with E-state index in [1.54, 1.807) is 22.3 Å². The largest absolute Gasteiger partial charge is 0.460 e. The average molecular weight is 921 g/mol. The van der Waals surface area contributed by atoms with Crippen molar-refractivity contribution in [3.8, 4) is 22.3 Å². The summed E-state index contributed by atoms with van der Waals surface area (Å²) in [4.78, 5) is 8.95. The molecule has 6 heterocycles. The minimum Gasteiger partial charge on any atom is -0.460 e. The van der Waals surface area contributed by atoms with Gasteiger partial charge in [0.05, 0.1) is 22.4 Å². The molecule has 5 nitrogen and oxygen atoms in total. The van der Waals surface area contributed by atoms with Crippen molar-refractivity contribution in [3.05, 3.63) is 225 Å². The van der Waals surface area contributed by atoms with Crippen molar-refractivity contribution in [2.45, 2.75) is 85.9 Å². The van der Waals surface area contributed by atoms with Crippen molar-refractivity contribution < 1.29 is 4.42 Å². The smallest absolute Gasteiger partial charge is 0.395 e. The minimum absolute atomic E-state index is 0.113. The molecule has 0 unspecified atom stereocenters. The first-order valence-corrected chi connectivity index (χ1v) is 27.1. The molecule has 4 bridgehead atoms. The normalized spacial score (nSPS) is 23.2. The molecule has 2 saturated carbocycles. The van der Waals surface area contributed by atoms with Crippen LogP contribution in [0.15, 0.2) is 162 Å². The van der Waals surface area contributed by atoms with E-state index in [1.165, 1.54) is 146 Å². The van der Waals surface area contributed by atoms with Crippen LogP contribution in [-0.4, -0.2) is 28.1 Å². The fourth-order valence-corrected chi connectivity index (χ4v) is 18.4. The van der Waals surface area contributed by atoms with Crippen LogP contribution in [0.4, 0.5) is 11.4 Å². The first-order chi connectivity index (χ1) is 35.7. The summed E-state index contributed by atoms with van der Waals surface area (Å²) in [6.07, 6.45) is 10.2. The molecule has 8 aromatic carbocycles. The van der Waals surface area contributed by atoms with E-state index in [4.69, 9.17) is 9.40 Å². The van der Waals surface area contributed by atoms with Gasteiger partial charge in [-0.2, -0.15) is 0 Å². The molecule has 2 fully saturated rings. The van der Waals surface area contributed by atoms with Crippen LogP contribution < -0.4 is 21.4 Å². The van der Waals surface area contributed by atoms with E-state index in [0.717, 1.165) is 22.7 Å². The molecule has 4 aliphatic heterocycles. The Kier molecular flexibility index (Phi) is 6.39. The average Bonchev–Trinajstić information content (AvgIpc) is 4.29. The predicted molar refractivity (Wildman–Crippen MR) is 288 cm³/mol. The molecule has 0 radical (unpaired) electrons. The number of fused-ring (bicyclic) bond motifs is 31. The molecule has 7 heteroatoms. The second-order valence-corrected chi connectivity index (χ2v) is 23.3. The van der Waals surface area contributed by atoms with Crippen LogP contribution in [0.5, 0.6) is 0 Å². The Bertz CT molecular complexity index is 3860. The van der Waals surface area contributed by atoms with Gasteiger partial charge in [-0.15, -0.1) is 0 Å². The monoisotopic (exact) mass is 920 g/mol. The van der Waals surface area contributed by atoms with Gasteiger partial charge in [-0.1, -0.05) is 140 Å². The second kappa shape index (κ2) is 12.3. The zero-order valence-electron chi connectivity index (χ0n) is 39.8. The lowest BCUT2D eigenvalue weighted by atomic mass is 9.37. The quantitative estimate of drug-likeness (QED) is 0.142. The van der Waals surface area contributed by atoms with Gasteiger partial charge < -0.3 is 8.90 Å². The lowest BCUT2D eigenvalue weighted by molar-refractivity contribution is 0.356. The molecule has 0 atom stereocenters. The van der Waals surface area contributed by atoms with Gasteiger partial charge in [0.25, 0.3) is 0 Å². The van der Waals surface area contributed by atoms with Gasteiger partial charge in [0.2, 0.25) is 0 Å². The Morgan fingerprint density at radius 3 is 1.57 bits per heavy atom. The molecular formula is C65H46B2N4O. The fourth-order valence-electron chi connectivity index (χ4n) is 18.4. The third-order valence-corrected chi connectivity index (χ3v) is 20.8. The Hall–Kier alpha value is -7.34. The molecular weight excluding hydrogens is 874 g/mol. The maximum Gasteiger partial charge on any atom is 0.395 e. The lowest BCUT2D eigenvalue weighted by Gasteiger charge is -2.46. The number of hydrogen-bond acceptors (Lipinski definition) is 4. The van der Waals surface area contributed by atoms with Gasteiger partial charge in [-0.25, -0.2) is 4.98 Å². The third kappa shape index (κ3) is 3.79. The van der Waals surface area contributed by atoms with E-state index in [9.17, 15) is 0 Å². The molecule has 0 N–H and O–H groups in total. The van der Waals surface area contributed by atoms with Crippen LogP contribution >= 0.6 is 0 Å². The van der Waals surface area contributed by atoms with Crippen molar-refractivity contribution in [2.75, 3.05) is 5.01 Å². The zero-order chi connectivity index (χ0) is 46.1. The molecule has 2 aromatic heterocycles. The maximum atomic E-state index is 7.74. The molecule has 2 spiro atoms.